The average Bonchev–Trinajstić information content (AvgIpc) is 2.41. The van der Waals surface area contributed by atoms with Crippen LogP contribution < -0.4 is 0 Å². The van der Waals surface area contributed by atoms with E-state index in [-0.39, 0.29) is 0 Å². The molecule has 0 aromatic carbocycles. The first-order valence-electron chi connectivity index (χ1n) is 4.38. The summed E-state index contributed by atoms with van der Waals surface area (Å²) in [6.07, 6.45) is 9.50. The van der Waals surface area contributed by atoms with Gasteiger partial charge in [0.05, 0.1) is 0 Å². The van der Waals surface area contributed by atoms with Crippen LogP contribution in [0.4, 0.5) is 0 Å². The summed E-state index contributed by atoms with van der Waals surface area (Å²) in [5.41, 5.74) is 0. The van der Waals surface area contributed by atoms with Crippen LogP contribution >= 0.6 is 0 Å². The van der Waals surface area contributed by atoms with E-state index in [9.17, 15) is 0 Å². The summed E-state index contributed by atoms with van der Waals surface area (Å²) in [4.78, 5) is 0. The SMILES string of the molecule is C1=CCC=C1.[Li][CH2][Si](C)(C)C. The van der Waals surface area contributed by atoms with Gasteiger partial charge in [-0.1, -0.05) is 24.3 Å². The monoisotopic (exact) mass is 160 g/mol. The quantitative estimate of drug-likeness (QED) is 0.517. The van der Waals surface area contributed by atoms with E-state index in [1.807, 2.05) is 0 Å². The number of hydrogen-bond donors (Lipinski definition) is 0. The van der Waals surface area contributed by atoms with Crippen molar-refractivity contribution in [2.45, 2.75) is 30.8 Å². The Morgan fingerprint density at radius 1 is 1.18 bits per heavy atom. The van der Waals surface area contributed by atoms with Crippen LogP contribution in [0.2, 0.25) is 24.4 Å². The second kappa shape index (κ2) is 5.88. The van der Waals surface area contributed by atoms with Gasteiger partial charge in [0.15, 0.2) is 0 Å². The van der Waals surface area contributed by atoms with E-state index in [4.69, 9.17) is 0 Å². The van der Waals surface area contributed by atoms with Crippen molar-refractivity contribution >= 4 is 25.8 Å². The van der Waals surface area contributed by atoms with Crippen molar-refractivity contribution in [3.05, 3.63) is 24.3 Å². The maximum absolute atomic E-state index is 2.38. The second-order valence-electron chi connectivity index (χ2n) is 4.01. The molecular weight excluding hydrogens is 143 g/mol. The molecule has 0 bridgehead atoms. The molecule has 0 radical (unpaired) electrons. The number of rotatable bonds is 1. The van der Waals surface area contributed by atoms with Crippen molar-refractivity contribution in [3.63, 3.8) is 0 Å². The van der Waals surface area contributed by atoms with Crippen LogP contribution in [0.3, 0.4) is 0 Å². The summed E-state index contributed by atoms with van der Waals surface area (Å²) in [6.45, 7) is 7.15. The van der Waals surface area contributed by atoms with Crippen LogP contribution in [0, 0.1) is 0 Å². The molecule has 1 aliphatic rings. The molecule has 0 saturated heterocycles. The van der Waals surface area contributed by atoms with E-state index in [1.165, 1.54) is 4.72 Å². The van der Waals surface area contributed by atoms with Crippen LogP contribution in [0.25, 0.3) is 0 Å². The summed E-state index contributed by atoms with van der Waals surface area (Å²) >= 11 is 2.27. The van der Waals surface area contributed by atoms with Crippen LogP contribution in [0.1, 0.15) is 6.42 Å². The van der Waals surface area contributed by atoms with Crippen molar-refractivity contribution in [3.8, 4) is 0 Å². The van der Waals surface area contributed by atoms with Crippen LogP contribution in [0.15, 0.2) is 24.3 Å². The Bertz CT molecular complexity index is 132. The van der Waals surface area contributed by atoms with Gasteiger partial charge >= 0.3 is 50.1 Å². The summed E-state index contributed by atoms with van der Waals surface area (Å²) in [7, 11) is -0.631. The van der Waals surface area contributed by atoms with E-state index >= 15 is 0 Å². The Balaban J connectivity index is 0.000000183. The molecule has 0 N–H and O–H groups in total. The van der Waals surface area contributed by atoms with E-state index < -0.39 is 8.07 Å². The second-order valence-corrected chi connectivity index (χ2v) is 9.83. The average molecular weight is 160 g/mol. The molecule has 0 spiro atoms. The summed E-state index contributed by atoms with van der Waals surface area (Å²) in [5.74, 6) is 0. The number of hydrogen-bond acceptors (Lipinski definition) is 0. The Labute approximate surface area is 81.0 Å². The van der Waals surface area contributed by atoms with Gasteiger partial charge in [0.25, 0.3) is 0 Å². The molecule has 1 rings (SSSR count). The van der Waals surface area contributed by atoms with Crippen molar-refractivity contribution < 1.29 is 0 Å². The van der Waals surface area contributed by atoms with Gasteiger partial charge in [-0.2, -0.15) is 0 Å². The zero-order chi connectivity index (χ0) is 8.74. The Morgan fingerprint density at radius 3 is 1.64 bits per heavy atom. The van der Waals surface area contributed by atoms with Crippen molar-refractivity contribution in [2.24, 2.45) is 0 Å². The molecule has 2 heteroatoms. The summed E-state index contributed by atoms with van der Waals surface area (Å²) in [6, 6.07) is 0. The fraction of sp³-hybridized carbons (Fsp3) is 0.556. The molecule has 0 amide bonds. The molecular formula is C9H17LiSi. The first-order valence-corrected chi connectivity index (χ1v) is 8.08. The van der Waals surface area contributed by atoms with Crippen molar-refractivity contribution in [1.82, 2.24) is 0 Å². The third kappa shape index (κ3) is 10.3. The normalized spacial score (nSPS) is 14.6. The van der Waals surface area contributed by atoms with Gasteiger partial charge in [0.1, 0.15) is 0 Å². The van der Waals surface area contributed by atoms with Gasteiger partial charge in [-0.05, 0) is 6.42 Å². The summed E-state index contributed by atoms with van der Waals surface area (Å²) < 4.78 is 1.41. The standard InChI is InChI=1S/C5H6.C4H11Si.Li/c1-2-4-5-3-1;1-5(2,3)4;/h1-4H,5H2;1H2,2-4H3;. The van der Waals surface area contributed by atoms with E-state index in [0.717, 1.165) is 6.42 Å². The fourth-order valence-electron chi connectivity index (χ4n) is 0.393. The molecule has 0 atom stereocenters. The van der Waals surface area contributed by atoms with Gasteiger partial charge in [-0.15, -0.1) is 0 Å². The minimum atomic E-state index is -0.631. The molecule has 0 heterocycles. The molecule has 0 aromatic heterocycles. The predicted molar refractivity (Wildman–Crippen MR) is 56.8 cm³/mol. The minimum absolute atomic E-state index is 0.631. The van der Waals surface area contributed by atoms with Crippen molar-refractivity contribution in [2.75, 3.05) is 0 Å². The molecule has 0 nitrogen and oxygen atoms in total. The first-order chi connectivity index (χ1) is 5.06. The van der Waals surface area contributed by atoms with Gasteiger partial charge in [-0.25, -0.2) is 0 Å². The molecule has 58 valence electrons. The van der Waals surface area contributed by atoms with Crippen molar-refractivity contribution in [1.29, 1.82) is 0 Å². The Kier molecular flexibility index (Phi) is 6.04. The molecule has 0 aromatic rings. The molecule has 0 unspecified atom stereocenters. The van der Waals surface area contributed by atoms with Gasteiger partial charge in [0.2, 0.25) is 0 Å². The van der Waals surface area contributed by atoms with E-state index in [0.29, 0.717) is 0 Å². The molecule has 0 fully saturated rings. The van der Waals surface area contributed by atoms with E-state index in [2.05, 4.69) is 61.7 Å². The number of allylic oxidation sites excluding steroid dienone is 4. The van der Waals surface area contributed by atoms with Crippen LogP contribution in [0.5, 0.6) is 0 Å². The molecule has 11 heavy (non-hydrogen) atoms. The molecule has 0 aliphatic heterocycles. The Hall–Kier alpha value is 0.294. The predicted octanol–water partition coefficient (Wildman–Crippen LogP) is 2.95. The zero-order valence-corrected chi connectivity index (χ0v) is 9.22. The fourth-order valence-corrected chi connectivity index (χ4v) is 0.393. The zero-order valence-electron chi connectivity index (χ0n) is 8.22. The molecule has 1 aliphatic carbocycles. The molecule has 0 saturated carbocycles. The third-order valence-corrected chi connectivity index (χ3v) is 3.84. The first kappa shape index (κ1) is 11.3. The third-order valence-electron chi connectivity index (χ3n) is 1.72. The topological polar surface area (TPSA) is 0 Å². The maximum atomic E-state index is 2.38. The van der Waals surface area contributed by atoms with E-state index in [1.54, 1.807) is 0 Å². The van der Waals surface area contributed by atoms with Gasteiger partial charge in [0, 0.05) is 0 Å². The Morgan fingerprint density at radius 2 is 1.55 bits per heavy atom. The van der Waals surface area contributed by atoms with Gasteiger partial charge < -0.3 is 0 Å². The van der Waals surface area contributed by atoms with Gasteiger partial charge in [-0.3, -0.25) is 0 Å². The summed E-state index contributed by atoms with van der Waals surface area (Å²) in [5, 5.41) is 0. The van der Waals surface area contributed by atoms with Crippen LogP contribution in [-0.4, -0.2) is 25.8 Å². The van der Waals surface area contributed by atoms with Crippen LogP contribution in [-0.2, 0) is 0 Å².